The molecule has 49 heavy (non-hydrogen) atoms. The number of ether oxygens (including phenoxy) is 3. The third-order valence-corrected chi connectivity index (χ3v) is 10.2. The van der Waals surface area contributed by atoms with E-state index in [0.29, 0.717) is 25.6 Å². The standard InChI is InChI=1S/C41H53N3O5/c1-7-48-29-27-44-36-11-9-8-10-35(36)42-37(44)32-21-25-43(26-22-32)24-20-30-12-16-34(17-13-30)41(4,5)39(46)49-28-23-31-14-18-33(19-15-31)40(2,3)38(45)47-6/h8-19,32H,7,20-29H2,1-6H3. The SMILES string of the molecule is CCOCCn1c(C2CCN(CCc3ccc(C(C)(C)C(=O)OCCc4ccc(C(C)(C)C(=O)OC)cc4)cc3)CC2)nc2ccccc21. The van der Waals surface area contributed by atoms with E-state index in [2.05, 4.69) is 58.0 Å². The summed E-state index contributed by atoms with van der Waals surface area (Å²) in [6, 6.07) is 24.7. The number of nitrogens with zero attached hydrogens (tertiary/aromatic N) is 3. The first-order valence-corrected chi connectivity index (χ1v) is 17.7. The maximum absolute atomic E-state index is 13.1. The number of carbonyl (C=O) groups is 2. The van der Waals surface area contributed by atoms with Crippen molar-refractivity contribution in [3.05, 3.63) is 101 Å². The van der Waals surface area contributed by atoms with Crippen molar-refractivity contribution >= 4 is 23.0 Å². The van der Waals surface area contributed by atoms with E-state index in [9.17, 15) is 9.59 Å². The number of imidazole rings is 1. The van der Waals surface area contributed by atoms with Crippen LogP contribution in [-0.2, 0) is 54.0 Å². The van der Waals surface area contributed by atoms with Crippen LogP contribution in [-0.4, -0.2) is 73.0 Å². The van der Waals surface area contributed by atoms with Crippen LogP contribution < -0.4 is 0 Å². The highest BCUT2D eigenvalue weighted by molar-refractivity contribution is 5.82. The van der Waals surface area contributed by atoms with E-state index in [0.717, 1.165) is 74.3 Å². The van der Waals surface area contributed by atoms with E-state index in [1.165, 1.54) is 24.0 Å². The summed E-state index contributed by atoms with van der Waals surface area (Å²) in [6.07, 6.45) is 3.78. The average molecular weight is 668 g/mol. The molecule has 0 aliphatic carbocycles. The van der Waals surface area contributed by atoms with Gasteiger partial charge in [-0.25, -0.2) is 4.98 Å². The lowest BCUT2D eigenvalue weighted by molar-refractivity contribution is -0.149. The molecular formula is C41H53N3O5. The number of carbonyl (C=O) groups excluding carboxylic acids is 2. The molecule has 3 aromatic carbocycles. The lowest BCUT2D eigenvalue weighted by atomic mass is 9.84. The number of hydrogen-bond donors (Lipinski definition) is 0. The lowest BCUT2D eigenvalue weighted by Gasteiger charge is -2.32. The molecule has 1 saturated heterocycles. The highest BCUT2D eigenvalue weighted by Crippen LogP contribution is 2.31. The normalized spacial score (nSPS) is 14.7. The van der Waals surface area contributed by atoms with Crippen LogP contribution in [0, 0.1) is 0 Å². The van der Waals surface area contributed by atoms with Gasteiger partial charge in [-0.05, 0) is 101 Å². The highest BCUT2D eigenvalue weighted by Gasteiger charge is 2.32. The summed E-state index contributed by atoms with van der Waals surface area (Å²) < 4.78 is 18.7. The third kappa shape index (κ3) is 8.60. The predicted molar refractivity (Wildman–Crippen MR) is 194 cm³/mol. The molecule has 1 aliphatic heterocycles. The maximum atomic E-state index is 13.1. The van der Waals surface area contributed by atoms with Crippen molar-refractivity contribution in [3.63, 3.8) is 0 Å². The zero-order valence-electron chi connectivity index (χ0n) is 30.2. The van der Waals surface area contributed by atoms with Gasteiger partial charge in [0.1, 0.15) is 5.82 Å². The summed E-state index contributed by atoms with van der Waals surface area (Å²) in [5, 5.41) is 0. The molecule has 0 N–H and O–H groups in total. The van der Waals surface area contributed by atoms with Crippen molar-refractivity contribution in [1.82, 2.24) is 14.5 Å². The first-order chi connectivity index (χ1) is 23.5. The van der Waals surface area contributed by atoms with Crippen LogP contribution >= 0.6 is 0 Å². The van der Waals surface area contributed by atoms with Crippen molar-refractivity contribution in [1.29, 1.82) is 0 Å². The van der Waals surface area contributed by atoms with E-state index in [4.69, 9.17) is 19.2 Å². The summed E-state index contributed by atoms with van der Waals surface area (Å²) >= 11 is 0. The van der Waals surface area contributed by atoms with E-state index >= 15 is 0 Å². The zero-order valence-corrected chi connectivity index (χ0v) is 30.2. The molecule has 5 rings (SSSR count). The number of rotatable bonds is 15. The van der Waals surface area contributed by atoms with Gasteiger partial charge < -0.3 is 23.7 Å². The van der Waals surface area contributed by atoms with Crippen LogP contribution in [0.5, 0.6) is 0 Å². The van der Waals surface area contributed by atoms with E-state index in [1.54, 1.807) is 0 Å². The number of aromatic nitrogens is 2. The Hall–Kier alpha value is -4.01. The summed E-state index contributed by atoms with van der Waals surface area (Å²) in [4.78, 5) is 32.9. The number of benzene rings is 3. The van der Waals surface area contributed by atoms with Gasteiger partial charge in [0.05, 0.1) is 42.2 Å². The number of piperidine rings is 1. The fourth-order valence-electron chi connectivity index (χ4n) is 6.75. The van der Waals surface area contributed by atoms with Gasteiger partial charge in [0.25, 0.3) is 0 Å². The number of para-hydroxylation sites is 2. The van der Waals surface area contributed by atoms with Crippen LogP contribution in [0.25, 0.3) is 11.0 Å². The van der Waals surface area contributed by atoms with Crippen molar-refractivity contribution in [2.75, 3.05) is 46.6 Å². The Kier molecular flexibility index (Phi) is 11.9. The van der Waals surface area contributed by atoms with Gasteiger partial charge in [-0.2, -0.15) is 0 Å². The van der Waals surface area contributed by atoms with Gasteiger partial charge in [0.15, 0.2) is 0 Å². The van der Waals surface area contributed by atoms with Crippen molar-refractivity contribution in [3.8, 4) is 0 Å². The Morgan fingerprint density at radius 2 is 1.37 bits per heavy atom. The van der Waals surface area contributed by atoms with Crippen molar-refractivity contribution in [2.24, 2.45) is 0 Å². The summed E-state index contributed by atoms with van der Waals surface area (Å²) in [6.45, 7) is 15.3. The third-order valence-electron chi connectivity index (χ3n) is 10.2. The van der Waals surface area contributed by atoms with Crippen molar-refractivity contribution < 1.29 is 23.8 Å². The maximum Gasteiger partial charge on any atom is 0.315 e. The minimum absolute atomic E-state index is 0.238. The molecule has 2 heterocycles. The fourth-order valence-corrected chi connectivity index (χ4v) is 6.75. The average Bonchev–Trinajstić information content (AvgIpc) is 3.49. The topological polar surface area (TPSA) is 82.9 Å². The fraction of sp³-hybridized carbons (Fsp3) is 0.488. The molecule has 1 aromatic heterocycles. The van der Waals surface area contributed by atoms with Gasteiger partial charge in [0.2, 0.25) is 0 Å². The predicted octanol–water partition coefficient (Wildman–Crippen LogP) is 7.01. The molecule has 1 aliphatic rings. The molecule has 4 aromatic rings. The molecule has 0 unspecified atom stereocenters. The highest BCUT2D eigenvalue weighted by atomic mass is 16.5. The van der Waals surface area contributed by atoms with E-state index in [-0.39, 0.29) is 11.9 Å². The van der Waals surface area contributed by atoms with Gasteiger partial charge in [-0.15, -0.1) is 0 Å². The smallest absolute Gasteiger partial charge is 0.315 e. The van der Waals surface area contributed by atoms with Crippen LogP contribution in [0.15, 0.2) is 72.8 Å². The monoisotopic (exact) mass is 667 g/mol. The molecule has 8 nitrogen and oxygen atoms in total. The van der Waals surface area contributed by atoms with E-state index < -0.39 is 10.8 Å². The van der Waals surface area contributed by atoms with Gasteiger partial charge in [0, 0.05) is 32.0 Å². The van der Waals surface area contributed by atoms with Crippen LogP contribution in [0.3, 0.4) is 0 Å². The van der Waals surface area contributed by atoms with E-state index in [1.807, 2.05) is 58.9 Å². The number of fused-ring (bicyclic) bond motifs is 1. The molecule has 8 heteroatoms. The Balaban J connectivity index is 1.08. The number of hydrogen-bond acceptors (Lipinski definition) is 7. The minimum Gasteiger partial charge on any atom is -0.468 e. The number of methoxy groups -OCH3 is 1. The first kappa shape index (κ1) is 36.3. The van der Waals surface area contributed by atoms with Crippen LogP contribution in [0.4, 0.5) is 0 Å². The largest absolute Gasteiger partial charge is 0.468 e. The Labute approximate surface area is 291 Å². The summed E-state index contributed by atoms with van der Waals surface area (Å²) in [5.41, 5.74) is 4.94. The second-order valence-corrected chi connectivity index (χ2v) is 14.2. The van der Waals surface area contributed by atoms with Gasteiger partial charge in [-0.3, -0.25) is 9.59 Å². The molecule has 0 radical (unpaired) electrons. The molecule has 0 spiro atoms. The minimum atomic E-state index is -0.756. The van der Waals surface area contributed by atoms with Gasteiger partial charge in [-0.1, -0.05) is 60.7 Å². The Bertz CT molecular complexity index is 1680. The number of likely N-dealkylation sites (tertiary alicyclic amines) is 1. The molecule has 0 amide bonds. The van der Waals surface area contributed by atoms with Crippen molar-refractivity contribution in [2.45, 2.75) is 83.6 Å². The van der Waals surface area contributed by atoms with Crippen LogP contribution in [0.2, 0.25) is 0 Å². The second-order valence-electron chi connectivity index (χ2n) is 14.2. The summed E-state index contributed by atoms with van der Waals surface area (Å²) in [5.74, 6) is 1.15. The number of esters is 2. The Morgan fingerprint density at radius 3 is 1.98 bits per heavy atom. The zero-order chi connectivity index (χ0) is 35.0. The molecule has 0 saturated carbocycles. The van der Waals surface area contributed by atoms with Crippen LogP contribution in [0.1, 0.15) is 81.5 Å². The quantitative estimate of drug-likeness (QED) is 0.0997. The first-order valence-electron chi connectivity index (χ1n) is 17.7. The lowest BCUT2D eigenvalue weighted by Crippen LogP contribution is -2.35. The molecule has 0 bridgehead atoms. The van der Waals surface area contributed by atoms with Gasteiger partial charge >= 0.3 is 11.9 Å². The summed E-state index contributed by atoms with van der Waals surface area (Å²) in [7, 11) is 1.40. The molecule has 0 atom stereocenters. The molecular weight excluding hydrogens is 614 g/mol. The second kappa shape index (κ2) is 16.1. The Morgan fingerprint density at radius 1 is 0.776 bits per heavy atom. The molecule has 262 valence electrons. The molecule has 1 fully saturated rings.